The SMILES string of the molecule is COc1ccccc1CN1CC(C(=O)Nc2nnc3nc(C)ccn23)CC1=O. The minimum Gasteiger partial charge on any atom is -0.496 e. The molecule has 1 N–H and O–H groups in total. The molecule has 9 nitrogen and oxygen atoms in total. The predicted octanol–water partition coefficient (Wildman–Crippen LogP) is 1.43. The molecule has 2 amide bonds. The van der Waals surface area contributed by atoms with E-state index in [1.165, 1.54) is 0 Å². The number of para-hydroxylation sites is 1. The smallest absolute Gasteiger partial charge is 0.256 e. The van der Waals surface area contributed by atoms with Gasteiger partial charge in [-0.25, -0.2) is 4.98 Å². The number of rotatable bonds is 5. The number of fused-ring (bicyclic) bond motifs is 1. The summed E-state index contributed by atoms with van der Waals surface area (Å²) in [5.41, 5.74) is 1.72. The van der Waals surface area contributed by atoms with E-state index in [-0.39, 0.29) is 18.2 Å². The van der Waals surface area contributed by atoms with Gasteiger partial charge in [0.25, 0.3) is 5.78 Å². The third-order valence-electron chi connectivity index (χ3n) is 4.79. The Labute approximate surface area is 161 Å². The number of anilines is 1. The van der Waals surface area contributed by atoms with Crippen LogP contribution in [0.5, 0.6) is 5.75 Å². The molecule has 0 radical (unpaired) electrons. The number of carbonyl (C=O) groups excluding carboxylic acids is 2. The normalized spacial score (nSPS) is 16.6. The lowest BCUT2D eigenvalue weighted by Gasteiger charge is -2.18. The molecule has 4 rings (SSSR count). The highest BCUT2D eigenvalue weighted by Gasteiger charge is 2.35. The number of likely N-dealkylation sites (tertiary alicyclic amines) is 1. The van der Waals surface area contributed by atoms with Gasteiger partial charge >= 0.3 is 0 Å². The molecule has 1 unspecified atom stereocenters. The van der Waals surface area contributed by atoms with Crippen molar-refractivity contribution in [3.63, 3.8) is 0 Å². The van der Waals surface area contributed by atoms with Crippen molar-refractivity contribution in [3.8, 4) is 5.75 Å². The lowest BCUT2D eigenvalue weighted by molar-refractivity contribution is -0.128. The third kappa shape index (κ3) is 3.38. The molecule has 0 bridgehead atoms. The highest BCUT2D eigenvalue weighted by atomic mass is 16.5. The highest BCUT2D eigenvalue weighted by molar-refractivity contribution is 5.96. The maximum Gasteiger partial charge on any atom is 0.256 e. The lowest BCUT2D eigenvalue weighted by Crippen LogP contribution is -2.28. The van der Waals surface area contributed by atoms with Crippen LogP contribution in [-0.4, -0.2) is 50.0 Å². The first kappa shape index (κ1) is 17.9. The number of nitrogens with zero attached hydrogens (tertiary/aromatic N) is 5. The molecule has 0 aliphatic carbocycles. The van der Waals surface area contributed by atoms with Crippen LogP contribution in [0.25, 0.3) is 5.78 Å². The first-order valence-electron chi connectivity index (χ1n) is 8.94. The lowest BCUT2D eigenvalue weighted by atomic mass is 10.1. The summed E-state index contributed by atoms with van der Waals surface area (Å²) in [5, 5.41) is 10.7. The number of hydrogen-bond acceptors (Lipinski definition) is 6. The molecule has 28 heavy (non-hydrogen) atoms. The summed E-state index contributed by atoms with van der Waals surface area (Å²) in [4.78, 5) is 31.0. The van der Waals surface area contributed by atoms with Gasteiger partial charge in [0.2, 0.25) is 17.8 Å². The molecule has 0 spiro atoms. The van der Waals surface area contributed by atoms with Crippen LogP contribution in [0.2, 0.25) is 0 Å². The Bertz CT molecular complexity index is 1050. The van der Waals surface area contributed by atoms with Crippen LogP contribution in [0.4, 0.5) is 5.95 Å². The number of carbonyl (C=O) groups is 2. The number of nitrogens with one attached hydrogen (secondary N) is 1. The zero-order valence-corrected chi connectivity index (χ0v) is 15.6. The second-order valence-corrected chi connectivity index (χ2v) is 6.74. The standard InChI is InChI=1S/C19H20N6O3/c1-12-7-8-25-18(20-12)22-23-19(25)21-17(27)14-9-16(26)24(11-14)10-13-5-3-4-6-15(13)28-2/h3-8,14H,9-11H2,1-2H3,(H,21,23,27). The molecule has 0 saturated carbocycles. The average Bonchev–Trinajstić information content (AvgIpc) is 3.25. The maximum atomic E-state index is 12.7. The minimum absolute atomic E-state index is 0.0607. The predicted molar refractivity (Wildman–Crippen MR) is 101 cm³/mol. The fourth-order valence-electron chi connectivity index (χ4n) is 3.31. The molecule has 1 saturated heterocycles. The van der Waals surface area contributed by atoms with Crippen LogP contribution in [-0.2, 0) is 16.1 Å². The minimum atomic E-state index is -0.451. The maximum absolute atomic E-state index is 12.7. The van der Waals surface area contributed by atoms with Gasteiger partial charge in [-0.05, 0) is 19.1 Å². The molecule has 1 aromatic carbocycles. The number of methoxy groups -OCH3 is 1. The monoisotopic (exact) mass is 380 g/mol. The Balaban J connectivity index is 1.45. The van der Waals surface area contributed by atoms with Crippen molar-refractivity contribution < 1.29 is 14.3 Å². The van der Waals surface area contributed by atoms with Crippen LogP contribution < -0.4 is 10.1 Å². The van der Waals surface area contributed by atoms with Gasteiger partial charge in [0.1, 0.15) is 5.75 Å². The first-order valence-corrected chi connectivity index (χ1v) is 8.94. The molecular formula is C19H20N6O3. The summed E-state index contributed by atoms with van der Waals surface area (Å²) in [7, 11) is 1.60. The van der Waals surface area contributed by atoms with Gasteiger partial charge < -0.3 is 9.64 Å². The summed E-state index contributed by atoms with van der Waals surface area (Å²) < 4.78 is 6.95. The first-order chi connectivity index (χ1) is 13.5. The van der Waals surface area contributed by atoms with Crippen molar-refractivity contribution in [1.82, 2.24) is 24.5 Å². The van der Waals surface area contributed by atoms with Crippen molar-refractivity contribution >= 4 is 23.5 Å². The zero-order chi connectivity index (χ0) is 19.7. The van der Waals surface area contributed by atoms with Crippen LogP contribution in [0.1, 0.15) is 17.7 Å². The average molecular weight is 380 g/mol. The van der Waals surface area contributed by atoms with E-state index in [4.69, 9.17) is 4.74 Å². The van der Waals surface area contributed by atoms with E-state index in [1.54, 1.807) is 28.7 Å². The van der Waals surface area contributed by atoms with E-state index in [9.17, 15) is 9.59 Å². The summed E-state index contributed by atoms with van der Waals surface area (Å²) in [6, 6.07) is 9.35. The van der Waals surface area contributed by atoms with E-state index in [0.717, 1.165) is 17.0 Å². The van der Waals surface area contributed by atoms with Crippen molar-refractivity contribution in [2.45, 2.75) is 19.9 Å². The second-order valence-electron chi connectivity index (χ2n) is 6.74. The molecule has 1 aliphatic heterocycles. The van der Waals surface area contributed by atoms with Gasteiger partial charge in [-0.1, -0.05) is 18.2 Å². The van der Waals surface area contributed by atoms with Crippen LogP contribution in [0.3, 0.4) is 0 Å². The molecule has 2 aromatic heterocycles. The van der Waals surface area contributed by atoms with Crippen molar-refractivity contribution in [2.24, 2.45) is 5.92 Å². The molecule has 1 atom stereocenters. The fourth-order valence-corrected chi connectivity index (χ4v) is 3.31. The van der Waals surface area contributed by atoms with E-state index >= 15 is 0 Å². The van der Waals surface area contributed by atoms with Gasteiger partial charge in [0.15, 0.2) is 0 Å². The van der Waals surface area contributed by atoms with E-state index < -0.39 is 5.92 Å². The molecule has 1 fully saturated rings. The Morgan fingerprint density at radius 2 is 2.11 bits per heavy atom. The summed E-state index contributed by atoms with van der Waals surface area (Å²) in [6.07, 6.45) is 1.91. The molecule has 1 aliphatic rings. The molecule has 3 aromatic rings. The molecular weight excluding hydrogens is 360 g/mol. The van der Waals surface area contributed by atoms with E-state index in [2.05, 4.69) is 20.5 Å². The summed E-state index contributed by atoms with van der Waals surface area (Å²) in [5.74, 6) is 0.660. The molecule has 144 valence electrons. The summed E-state index contributed by atoms with van der Waals surface area (Å²) >= 11 is 0. The Kier molecular flexibility index (Phi) is 4.64. The molecule has 3 heterocycles. The van der Waals surface area contributed by atoms with Crippen LogP contribution >= 0.6 is 0 Å². The fraction of sp³-hybridized carbons (Fsp3) is 0.316. The van der Waals surface area contributed by atoms with Gasteiger partial charge in [-0.3, -0.25) is 19.3 Å². The van der Waals surface area contributed by atoms with Crippen LogP contribution in [0.15, 0.2) is 36.5 Å². The number of ether oxygens (including phenoxy) is 1. The topological polar surface area (TPSA) is 102 Å². The Morgan fingerprint density at radius 1 is 1.29 bits per heavy atom. The van der Waals surface area contributed by atoms with E-state index in [0.29, 0.717) is 24.8 Å². The third-order valence-corrected chi connectivity index (χ3v) is 4.79. The number of benzene rings is 1. The van der Waals surface area contributed by atoms with Gasteiger partial charge in [0, 0.05) is 37.0 Å². The van der Waals surface area contributed by atoms with Gasteiger partial charge in [0.05, 0.1) is 13.0 Å². The highest BCUT2D eigenvalue weighted by Crippen LogP contribution is 2.25. The quantitative estimate of drug-likeness (QED) is 0.718. The van der Waals surface area contributed by atoms with Crippen molar-refractivity contribution in [1.29, 1.82) is 0 Å². The number of hydrogen-bond donors (Lipinski definition) is 1. The van der Waals surface area contributed by atoms with Crippen molar-refractivity contribution in [2.75, 3.05) is 19.0 Å². The second kappa shape index (κ2) is 7.26. The van der Waals surface area contributed by atoms with Gasteiger partial charge in [-0.2, -0.15) is 0 Å². The Morgan fingerprint density at radius 3 is 2.93 bits per heavy atom. The number of aryl methyl sites for hydroxylation is 1. The number of aromatic nitrogens is 4. The molecule has 9 heteroatoms. The van der Waals surface area contributed by atoms with E-state index in [1.807, 2.05) is 31.2 Å². The number of amides is 2. The van der Waals surface area contributed by atoms with Crippen LogP contribution in [0, 0.1) is 12.8 Å². The van der Waals surface area contributed by atoms with Gasteiger partial charge in [-0.15, -0.1) is 10.2 Å². The largest absolute Gasteiger partial charge is 0.496 e. The Hall–Kier alpha value is -3.49. The zero-order valence-electron chi connectivity index (χ0n) is 15.6. The summed E-state index contributed by atoms with van der Waals surface area (Å²) in [6.45, 7) is 2.61. The van der Waals surface area contributed by atoms with Crippen molar-refractivity contribution in [3.05, 3.63) is 47.8 Å².